The zero-order valence-corrected chi connectivity index (χ0v) is 16.5. The summed E-state index contributed by atoms with van der Waals surface area (Å²) in [6.45, 7) is 3.90. The maximum absolute atomic E-state index is 12.7. The molecule has 0 saturated carbocycles. The molecule has 0 aliphatic carbocycles. The van der Waals surface area contributed by atoms with Crippen LogP contribution in [0.2, 0.25) is 0 Å². The molecule has 0 unspecified atom stereocenters. The third-order valence-electron chi connectivity index (χ3n) is 4.70. The number of ether oxygens (including phenoxy) is 2. The van der Waals surface area contributed by atoms with Crippen molar-refractivity contribution in [2.75, 3.05) is 6.61 Å². The van der Waals surface area contributed by atoms with Gasteiger partial charge in [0.15, 0.2) is 0 Å². The summed E-state index contributed by atoms with van der Waals surface area (Å²) in [6, 6.07) is 12.0. The van der Waals surface area contributed by atoms with Crippen LogP contribution in [0, 0.1) is 6.92 Å². The van der Waals surface area contributed by atoms with E-state index in [2.05, 4.69) is 17.1 Å². The maximum Gasteiger partial charge on any atom is 0.341 e. The Bertz CT molecular complexity index is 1060. The van der Waals surface area contributed by atoms with E-state index in [1.165, 1.54) is 0 Å². The van der Waals surface area contributed by atoms with Crippen molar-refractivity contribution >= 4 is 23.3 Å². The highest BCUT2D eigenvalue weighted by Crippen LogP contribution is 2.39. The number of thiophene rings is 1. The third-order valence-corrected chi connectivity index (χ3v) is 5.62. The molecule has 3 heterocycles. The number of carbonyl (C=O) groups excluding carboxylic acids is 2. The van der Waals surface area contributed by atoms with E-state index in [0.717, 1.165) is 16.0 Å². The Morgan fingerprint density at radius 2 is 2.00 bits per heavy atom. The standard InChI is InChI=1S/C22H19NO4S/c1-3-26-21(24)18-13(2)23-16-12-27-22(25)20(16)19(18)15-9-10-28-17(15)11-14-7-5-4-6-8-14/h4-10H,3,11-12H2,1-2H3. The number of fused-ring (bicyclic) bond motifs is 1. The molecule has 0 bridgehead atoms. The van der Waals surface area contributed by atoms with Crippen molar-refractivity contribution in [1.82, 2.24) is 4.98 Å². The summed E-state index contributed by atoms with van der Waals surface area (Å²) < 4.78 is 10.5. The van der Waals surface area contributed by atoms with Crippen LogP contribution in [-0.2, 0) is 22.5 Å². The Hall–Kier alpha value is -2.99. The van der Waals surface area contributed by atoms with Crippen molar-refractivity contribution in [3.8, 4) is 11.1 Å². The molecule has 0 spiro atoms. The zero-order valence-electron chi connectivity index (χ0n) is 15.7. The fraction of sp³-hybridized carbons (Fsp3) is 0.227. The summed E-state index contributed by atoms with van der Waals surface area (Å²) in [7, 11) is 0. The lowest BCUT2D eigenvalue weighted by molar-refractivity contribution is 0.0523. The van der Waals surface area contributed by atoms with Gasteiger partial charge in [0.1, 0.15) is 6.61 Å². The summed E-state index contributed by atoms with van der Waals surface area (Å²) in [4.78, 5) is 30.8. The smallest absolute Gasteiger partial charge is 0.341 e. The zero-order chi connectivity index (χ0) is 19.7. The van der Waals surface area contributed by atoms with Gasteiger partial charge in [0.2, 0.25) is 0 Å². The molecule has 5 nitrogen and oxygen atoms in total. The number of hydrogen-bond acceptors (Lipinski definition) is 6. The highest BCUT2D eigenvalue weighted by Gasteiger charge is 2.34. The van der Waals surface area contributed by atoms with Gasteiger partial charge in [0, 0.05) is 16.9 Å². The number of benzene rings is 1. The minimum absolute atomic E-state index is 0.128. The number of aryl methyl sites for hydroxylation is 1. The lowest BCUT2D eigenvalue weighted by atomic mass is 9.92. The van der Waals surface area contributed by atoms with Gasteiger partial charge in [-0.15, -0.1) is 11.3 Å². The molecule has 0 saturated heterocycles. The first-order valence-corrected chi connectivity index (χ1v) is 9.96. The molecule has 2 aromatic heterocycles. The molecule has 0 fully saturated rings. The van der Waals surface area contributed by atoms with E-state index in [4.69, 9.17) is 9.47 Å². The van der Waals surface area contributed by atoms with E-state index in [-0.39, 0.29) is 13.2 Å². The molecule has 142 valence electrons. The molecule has 1 aliphatic heterocycles. The van der Waals surface area contributed by atoms with Crippen LogP contribution in [0.3, 0.4) is 0 Å². The lowest BCUT2D eigenvalue weighted by Crippen LogP contribution is -2.14. The third kappa shape index (κ3) is 3.20. The van der Waals surface area contributed by atoms with Crippen molar-refractivity contribution in [2.45, 2.75) is 26.9 Å². The molecule has 4 rings (SSSR count). The van der Waals surface area contributed by atoms with Crippen molar-refractivity contribution in [3.63, 3.8) is 0 Å². The normalized spacial score (nSPS) is 12.6. The molecule has 0 amide bonds. The van der Waals surface area contributed by atoms with Crippen LogP contribution in [0.5, 0.6) is 0 Å². The molecule has 0 radical (unpaired) electrons. The summed E-state index contributed by atoms with van der Waals surface area (Å²) in [5.41, 5.74) is 4.43. The number of hydrogen-bond donors (Lipinski definition) is 0. The fourth-order valence-electron chi connectivity index (χ4n) is 3.50. The van der Waals surface area contributed by atoms with Gasteiger partial charge in [-0.1, -0.05) is 30.3 Å². The second-order valence-electron chi connectivity index (χ2n) is 6.49. The summed E-state index contributed by atoms with van der Waals surface area (Å²) in [5.74, 6) is -0.915. The highest BCUT2D eigenvalue weighted by molar-refractivity contribution is 7.10. The Balaban J connectivity index is 1.92. The van der Waals surface area contributed by atoms with Crippen LogP contribution in [0.1, 0.15) is 49.5 Å². The van der Waals surface area contributed by atoms with Crippen LogP contribution in [0.4, 0.5) is 0 Å². The first-order valence-electron chi connectivity index (χ1n) is 9.08. The van der Waals surface area contributed by atoms with Gasteiger partial charge in [-0.3, -0.25) is 4.98 Å². The number of pyridine rings is 1. The first-order chi connectivity index (χ1) is 13.6. The van der Waals surface area contributed by atoms with Crippen molar-refractivity contribution in [3.05, 3.63) is 74.7 Å². The fourth-order valence-corrected chi connectivity index (χ4v) is 4.41. The van der Waals surface area contributed by atoms with Gasteiger partial charge < -0.3 is 9.47 Å². The average molecular weight is 393 g/mol. The highest BCUT2D eigenvalue weighted by atomic mass is 32.1. The lowest BCUT2D eigenvalue weighted by Gasteiger charge is -2.15. The number of aromatic nitrogens is 1. The molecule has 0 atom stereocenters. The number of carbonyl (C=O) groups is 2. The maximum atomic E-state index is 12.7. The molecular formula is C22H19NO4S. The second kappa shape index (κ2) is 7.56. The van der Waals surface area contributed by atoms with E-state index in [1.807, 2.05) is 29.6 Å². The van der Waals surface area contributed by atoms with Crippen LogP contribution >= 0.6 is 11.3 Å². The number of nitrogens with zero attached hydrogens (tertiary/aromatic N) is 1. The Kier molecular flexibility index (Phi) is 4.96. The minimum Gasteiger partial charge on any atom is -0.462 e. The molecule has 1 aliphatic rings. The summed E-state index contributed by atoms with van der Waals surface area (Å²) in [5, 5.41) is 1.98. The molecule has 6 heteroatoms. The van der Waals surface area contributed by atoms with Crippen molar-refractivity contribution < 1.29 is 19.1 Å². The van der Waals surface area contributed by atoms with Crippen LogP contribution in [0.25, 0.3) is 11.1 Å². The quantitative estimate of drug-likeness (QED) is 0.595. The van der Waals surface area contributed by atoms with Crippen molar-refractivity contribution in [1.29, 1.82) is 0 Å². The molecule has 3 aromatic rings. The molecular weight excluding hydrogens is 374 g/mol. The van der Waals surface area contributed by atoms with Crippen LogP contribution < -0.4 is 0 Å². The number of rotatable bonds is 5. The van der Waals surface area contributed by atoms with Crippen LogP contribution in [-0.4, -0.2) is 23.5 Å². The van der Waals surface area contributed by atoms with Gasteiger partial charge in [-0.05, 0) is 36.4 Å². The molecule has 1 aromatic carbocycles. The van der Waals surface area contributed by atoms with E-state index >= 15 is 0 Å². The second-order valence-corrected chi connectivity index (χ2v) is 7.49. The first kappa shape index (κ1) is 18.4. The topological polar surface area (TPSA) is 65.5 Å². The number of esters is 2. The Morgan fingerprint density at radius 3 is 2.75 bits per heavy atom. The average Bonchev–Trinajstić information content (AvgIpc) is 3.28. The van der Waals surface area contributed by atoms with E-state index < -0.39 is 11.9 Å². The van der Waals surface area contributed by atoms with Gasteiger partial charge in [0.25, 0.3) is 0 Å². The predicted molar refractivity (Wildman–Crippen MR) is 107 cm³/mol. The summed E-state index contributed by atoms with van der Waals surface area (Å²) >= 11 is 1.60. The summed E-state index contributed by atoms with van der Waals surface area (Å²) in [6.07, 6.45) is 0.710. The SMILES string of the molecule is CCOC(=O)c1c(C)nc2c(c1-c1ccsc1Cc1ccccc1)C(=O)OC2. The van der Waals surface area contributed by atoms with E-state index in [0.29, 0.717) is 34.5 Å². The van der Waals surface area contributed by atoms with Gasteiger partial charge >= 0.3 is 11.9 Å². The Morgan fingerprint density at radius 1 is 1.21 bits per heavy atom. The monoisotopic (exact) mass is 393 g/mol. The van der Waals surface area contributed by atoms with Gasteiger partial charge in [0.05, 0.1) is 29.1 Å². The minimum atomic E-state index is -0.470. The van der Waals surface area contributed by atoms with E-state index in [1.54, 1.807) is 25.2 Å². The number of cyclic esters (lactones) is 1. The Labute approximate surface area is 167 Å². The largest absolute Gasteiger partial charge is 0.462 e. The molecule has 0 N–H and O–H groups in total. The van der Waals surface area contributed by atoms with Crippen LogP contribution in [0.15, 0.2) is 41.8 Å². The van der Waals surface area contributed by atoms with E-state index in [9.17, 15) is 9.59 Å². The van der Waals surface area contributed by atoms with Gasteiger partial charge in [-0.25, -0.2) is 9.59 Å². The van der Waals surface area contributed by atoms with Gasteiger partial charge in [-0.2, -0.15) is 0 Å². The predicted octanol–water partition coefficient (Wildman–Crippen LogP) is 4.56. The van der Waals surface area contributed by atoms with Crippen molar-refractivity contribution in [2.24, 2.45) is 0 Å². The molecule has 28 heavy (non-hydrogen) atoms.